The molecule has 1 aromatic heterocycles. The third-order valence-electron chi connectivity index (χ3n) is 5.29. The number of anilines is 1. The number of amides is 1. The van der Waals surface area contributed by atoms with Crippen molar-refractivity contribution >= 4 is 11.6 Å². The van der Waals surface area contributed by atoms with Crippen LogP contribution in [0.4, 0.5) is 5.69 Å². The number of benzene rings is 2. The predicted molar refractivity (Wildman–Crippen MR) is 110 cm³/mol. The van der Waals surface area contributed by atoms with E-state index < -0.39 is 0 Å². The molecule has 0 saturated heterocycles. The quantitative estimate of drug-likeness (QED) is 0.674. The minimum Gasteiger partial charge on any atom is -0.497 e. The summed E-state index contributed by atoms with van der Waals surface area (Å²) in [4.78, 5) is 12.8. The van der Waals surface area contributed by atoms with Gasteiger partial charge >= 0.3 is 0 Å². The van der Waals surface area contributed by atoms with Crippen LogP contribution in [0.5, 0.6) is 23.0 Å². The molecule has 1 N–H and O–H groups in total. The van der Waals surface area contributed by atoms with Gasteiger partial charge in [0.15, 0.2) is 17.2 Å². The van der Waals surface area contributed by atoms with Crippen molar-refractivity contribution in [2.75, 3.05) is 26.3 Å². The normalized spacial score (nSPS) is 16.5. The number of carbonyl (C=O) groups excluding carboxylic acids is 1. The van der Waals surface area contributed by atoms with Crippen molar-refractivity contribution in [1.29, 1.82) is 0 Å². The topological polar surface area (TPSA) is 93.1 Å². The Morgan fingerprint density at radius 2 is 1.97 bits per heavy atom. The molecule has 31 heavy (non-hydrogen) atoms. The monoisotopic (exact) mass is 423 g/mol. The highest BCUT2D eigenvalue weighted by atomic mass is 16.7. The second-order valence-electron chi connectivity index (χ2n) is 7.14. The Morgan fingerprint density at radius 1 is 1.10 bits per heavy atom. The lowest BCUT2D eigenvalue weighted by atomic mass is 10.1. The van der Waals surface area contributed by atoms with E-state index in [-0.39, 0.29) is 18.8 Å². The Labute approximate surface area is 178 Å². The number of rotatable bonds is 5. The van der Waals surface area contributed by atoms with Gasteiger partial charge in [-0.3, -0.25) is 9.48 Å². The molecule has 1 atom stereocenters. The molecule has 2 aliphatic rings. The summed E-state index contributed by atoms with van der Waals surface area (Å²) in [6, 6.07) is 12.7. The fourth-order valence-electron chi connectivity index (χ4n) is 3.64. The summed E-state index contributed by atoms with van der Waals surface area (Å²) in [6.07, 6.45) is -0.195. The van der Waals surface area contributed by atoms with E-state index in [2.05, 4.69) is 10.4 Å². The van der Waals surface area contributed by atoms with Crippen LogP contribution < -0.4 is 24.3 Å². The first-order valence-corrected chi connectivity index (χ1v) is 9.76. The number of carbonyl (C=O) groups is 1. The molecule has 0 radical (unpaired) electrons. The summed E-state index contributed by atoms with van der Waals surface area (Å²) in [6.45, 7) is 1.07. The number of ether oxygens (including phenoxy) is 5. The number of aromatic nitrogens is 2. The molecule has 1 amide bonds. The van der Waals surface area contributed by atoms with E-state index >= 15 is 0 Å². The maximum atomic E-state index is 12.8. The van der Waals surface area contributed by atoms with Crippen LogP contribution in [0.1, 0.15) is 27.8 Å². The van der Waals surface area contributed by atoms with Gasteiger partial charge in [0.1, 0.15) is 17.6 Å². The zero-order valence-electron chi connectivity index (χ0n) is 17.1. The lowest BCUT2D eigenvalue weighted by Gasteiger charge is -2.24. The van der Waals surface area contributed by atoms with Crippen molar-refractivity contribution in [2.24, 2.45) is 0 Å². The smallest absolute Gasteiger partial charge is 0.276 e. The Kier molecular flexibility index (Phi) is 4.87. The number of methoxy groups -OCH3 is 2. The molecule has 3 aromatic rings. The van der Waals surface area contributed by atoms with Crippen LogP contribution in [0.15, 0.2) is 42.5 Å². The van der Waals surface area contributed by atoms with E-state index in [4.69, 9.17) is 23.7 Å². The molecule has 2 aliphatic heterocycles. The average molecular weight is 423 g/mol. The summed E-state index contributed by atoms with van der Waals surface area (Å²) in [5.41, 5.74) is 2.65. The molecule has 9 nitrogen and oxygen atoms in total. The van der Waals surface area contributed by atoms with Crippen molar-refractivity contribution in [1.82, 2.24) is 9.78 Å². The minimum atomic E-state index is -0.329. The molecule has 0 unspecified atom stereocenters. The van der Waals surface area contributed by atoms with Gasteiger partial charge in [0.05, 0.1) is 38.8 Å². The van der Waals surface area contributed by atoms with Crippen molar-refractivity contribution in [2.45, 2.75) is 19.3 Å². The van der Waals surface area contributed by atoms with E-state index in [0.717, 1.165) is 17.0 Å². The highest BCUT2D eigenvalue weighted by Gasteiger charge is 2.26. The zero-order chi connectivity index (χ0) is 21.4. The summed E-state index contributed by atoms with van der Waals surface area (Å²) in [7, 11) is 3.11. The maximum Gasteiger partial charge on any atom is 0.276 e. The second kappa shape index (κ2) is 7.84. The summed E-state index contributed by atoms with van der Waals surface area (Å²) < 4.78 is 29.2. The van der Waals surface area contributed by atoms with Crippen LogP contribution in [0.25, 0.3) is 0 Å². The van der Waals surface area contributed by atoms with Crippen LogP contribution in [0.2, 0.25) is 0 Å². The van der Waals surface area contributed by atoms with Crippen LogP contribution in [0.3, 0.4) is 0 Å². The van der Waals surface area contributed by atoms with Crippen molar-refractivity contribution in [3.8, 4) is 23.0 Å². The van der Waals surface area contributed by atoms with E-state index in [9.17, 15) is 4.79 Å². The molecule has 0 saturated carbocycles. The Bertz CT molecular complexity index is 1140. The Hall–Kier alpha value is -3.72. The van der Waals surface area contributed by atoms with Gasteiger partial charge in [0, 0.05) is 6.07 Å². The molecular formula is C22H21N3O6. The highest BCUT2D eigenvalue weighted by Crippen LogP contribution is 2.36. The van der Waals surface area contributed by atoms with Gasteiger partial charge in [0.2, 0.25) is 6.79 Å². The fraction of sp³-hybridized carbons (Fsp3) is 0.273. The van der Waals surface area contributed by atoms with E-state index in [0.29, 0.717) is 41.8 Å². The van der Waals surface area contributed by atoms with Crippen LogP contribution in [-0.4, -0.2) is 36.7 Å². The minimum absolute atomic E-state index is 0.195. The number of nitrogens with one attached hydrogen (secondary N) is 1. The van der Waals surface area contributed by atoms with Gasteiger partial charge in [-0.15, -0.1) is 0 Å². The van der Waals surface area contributed by atoms with Gasteiger partial charge in [0.25, 0.3) is 5.91 Å². The summed E-state index contributed by atoms with van der Waals surface area (Å²) in [5.74, 6) is 2.25. The number of hydrogen-bond acceptors (Lipinski definition) is 7. The molecule has 5 rings (SSSR count). The number of fused-ring (bicyclic) bond motifs is 2. The van der Waals surface area contributed by atoms with E-state index in [1.54, 1.807) is 36.1 Å². The van der Waals surface area contributed by atoms with Crippen molar-refractivity contribution in [3.63, 3.8) is 0 Å². The lowest BCUT2D eigenvalue weighted by molar-refractivity contribution is -0.00127. The van der Waals surface area contributed by atoms with Gasteiger partial charge in [-0.1, -0.05) is 6.07 Å². The molecule has 0 spiro atoms. The molecule has 3 heterocycles. The third-order valence-corrected chi connectivity index (χ3v) is 5.29. The summed E-state index contributed by atoms with van der Waals surface area (Å²) >= 11 is 0. The van der Waals surface area contributed by atoms with E-state index in [1.165, 1.54) is 7.11 Å². The third kappa shape index (κ3) is 3.64. The molecule has 0 fully saturated rings. The number of nitrogens with zero attached hydrogens (tertiary/aromatic N) is 2. The maximum absolute atomic E-state index is 12.8. The van der Waals surface area contributed by atoms with Crippen LogP contribution >= 0.6 is 0 Å². The molecule has 0 bridgehead atoms. The number of hydrogen-bond donors (Lipinski definition) is 1. The van der Waals surface area contributed by atoms with E-state index in [1.807, 2.05) is 18.2 Å². The summed E-state index contributed by atoms with van der Waals surface area (Å²) in [5, 5.41) is 7.33. The van der Waals surface area contributed by atoms with Gasteiger partial charge < -0.3 is 29.0 Å². The largest absolute Gasteiger partial charge is 0.497 e. The highest BCUT2D eigenvalue weighted by molar-refractivity contribution is 6.03. The fourth-order valence-corrected chi connectivity index (χ4v) is 3.64. The molecular weight excluding hydrogens is 402 g/mol. The molecule has 0 aliphatic carbocycles. The lowest BCUT2D eigenvalue weighted by Crippen LogP contribution is -2.22. The van der Waals surface area contributed by atoms with Crippen LogP contribution in [-0.2, 0) is 17.9 Å². The Balaban J connectivity index is 1.32. The SMILES string of the molecule is COc1ccc(NC(=O)c2cc3n(n2)C[C@@H](c2ccc4c(c2)OCO4)OC3)c(OC)c1. The first kappa shape index (κ1) is 19.3. The van der Waals surface area contributed by atoms with Gasteiger partial charge in [-0.25, -0.2) is 0 Å². The van der Waals surface area contributed by atoms with Crippen molar-refractivity contribution < 1.29 is 28.5 Å². The van der Waals surface area contributed by atoms with Crippen molar-refractivity contribution in [3.05, 3.63) is 59.4 Å². The predicted octanol–water partition coefficient (Wildman–Crippen LogP) is 3.15. The zero-order valence-corrected chi connectivity index (χ0v) is 17.1. The second-order valence-corrected chi connectivity index (χ2v) is 7.14. The van der Waals surface area contributed by atoms with Crippen LogP contribution in [0, 0.1) is 0 Å². The van der Waals surface area contributed by atoms with Gasteiger partial charge in [-0.05, 0) is 35.9 Å². The standard InChI is InChI=1S/C22H21N3O6/c1-27-15-4-5-16(19(9-15)28-2)23-22(26)17-8-14-11-29-21(10-25(14)24-17)13-3-6-18-20(7-13)31-12-30-18/h3-9,21H,10-12H2,1-2H3,(H,23,26)/t21-/m0/s1. The molecule has 9 heteroatoms. The average Bonchev–Trinajstić information content (AvgIpc) is 3.45. The molecule has 2 aromatic carbocycles. The molecule has 160 valence electrons. The van der Waals surface area contributed by atoms with Gasteiger partial charge in [-0.2, -0.15) is 5.10 Å². The first-order valence-electron chi connectivity index (χ1n) is 9.76. The Morgan fingerprint density at radius 3 is 2.81 bits per heavy atom. The first-order chi connectivity index (χ1) is 15.1.